The molecule has 0 saturated carbocycles. The van der Waals surface area contributed by atoms with E-state index in [9.17, 15) is 4.39 Å². The third-order valence-electron chi connectivity index (χ3n) is 2.59. The van der Waals surface area contributed by atoms with Crippen LogP contribution in [0.3, 0.4) is 0 Å². The SMILES string of the molecule is Cc1ccc(C(N)Cc2ccsc2)c(F)c1. The zero-order chi connectivity index (χ0) is 11.5. The number of aryl methyl sites for hydroxylation is 1. The summed E-state index contributed by atoms with van der Waals surface area (Å²) in [6, 6.07) is 6.96. The van der Waals surface area contributed by atoms with Crippen molar-refractivity contribution >= 4 is 11.3 Å². The molecule has 0 aliphatic rings. The smallest absolute Gasteiger partial charge is 0.128 e. The Kier molecular flexibility index (Phi) is 3.36. The Morgan fingerprint density at radius 3 is 2.81 bits per heavy atom. The summed E-state index contributed by atoms with van der Waals surface area (Å²) in [4.78, 5) is 0. The van der Waals surface area contributed by atoms with Crippen LogP contribution < -0.4 is 5.73 Å². The van der Waals surface area contributed by atoms with Gasteiger partial charge < -0.3 is 5.73 Å². The molecule has 0 aliphatic heterocycles. The lowest BCUT2D eigenvalue weighted by Gasteiger charge is -2.12. The van der Waals surface area contributed by atoms with E-state index in [4.69, 9.17) is 5.73 Å². The molecule has 0 bridgehead atoms. The van der Waals surface area contributed by atoms with E-state index in [1.165, 1.54) is 6.07 Å². The highest BCUT2D eigenvalue weighted by molar-refractivity contribution is 7.07. The molecule has 0 spiro atoms. The van der Waals surface area contributed by atoms with Crippen molar-refractivity contribution < 1.29 is 4.39 Å². The molecule has 84 valence electrons. The molecule has 16 heavy (non-hydrogen) atoms. The van der Waals surface area contributed by atoms with Gasteiger partial charge in [0.15, 0.2) is 0 Å². The van der Waals surface area contributed by atoms with E-state index in [-0.39, 0.29) is 11.9 Å². The highest BCUT2D eigenvalue weighted by Crippen LogP contribution is 2.21. The van der Waals surface area contributed by atoms with Gasteiger partial charge in [-0.2, -0.15) is 11.3 Å². The third kappa shape index (κ3) is 2.49. The molecule has 2 N–H and O–H groups in total. The van der Waals surface area contributed by atoms with Gasteiger partial charge in [0.2, 0.25) is 0 Å². The van der Waals surface area contributed by atoms with Crippen LogP contribution in [-0.4, -0.2) is 0 Å². The first kappa shape index (κ1) is 11.3. The predicted octanol–water partition coefficient (Wildman–Crippen LogP) is 3.44. The quantitative estimate of drug-likeness (QED) is 0.866. The van der Waals surface area contributed by atoms with Gasteiger partial charge in [-0.25, -0.2) is 4.39 Å². The summed E-state index contributed by atoms with van der Waals surface area (Å²) < 4.78 is 13.7. The predicted molar refractivity (Wildman–Crippen MR) is 66.1 cm³/mol. The number of hydrogen-bond donors (Lipinski definition) is 1. The number of rotatable bonds is 3. The van der Waals surface area contributed by atoms with Crippen LogP contribution in [0.15, 0.2) is 35.0 Å². The minimum absolute atomic E-state index is 0.206. The van der Waals surface area contributed by atoms with Crippen molar-refractivity contribution in [3.8, 4) is 0 Å². The lowest BCUT2D eigenvalue weighted by molar-refractivity contribution is 0.579. The first-order valence-electron chi connectivity index (χ1n) is 5.19. The van der Waals surface area contributed by atoms with Crippen molar-refractivity contribution in [2.45, 2.75) is 19.4 Å². The lowest BCUT2D eigenvalue weighted by atomic mass is 10.00. The fourth-order valence-corrected chi connectivity index (χ4v) is 2.39. The van der Waals surface area contributed by atoms with Crippen molar-refractivity contribution in [1.82, 2.24) is 0 Å². The second kappa shape index (κ2) is 4.76. The minimum atomic E-state index is -0.268. The summed E-state index contributed by atoms with van der Waals surface area (Å²) in [6.07, 6.45) is 0.684. The normalized spacial score (nSPS) is 12.7. The molecule has 1 nitrogen and oxygen atoms in total. The average molecular weight is 235 g/mol. The molecule has 2 aromatic rings. The molecular weight excluding hydrogens is 221 g/mol. The molecule has 3 heteroatoms. The number of benzene rings is 1. The van der Waals surface area contributed by atoms with Crippen LogP contribution in [-0.2, 0) is 6.42 Å². The summed E-state index contributed by atoms with van der Waals surface area (Å²) in [7, 11) is 0. The van der Waals surface area contributed by atoms with E-state index in [0.29, 0.717) is 12.0 Å². The van der Waals surface area contributed by atoms with Crippen molar-refractivity contribution in [1.29, 1.82) is 0 Å². The van der Waals surface area contributed by atoms with E-state index in [1.807, 2.05) is 29.8 Å². The zero-order valence-electron chi connectivity index (χ0n) is 9.11. The minimum Gasteiger partial charge on any atom is -0.324 e. The Bertz CT molecular complexity index is 465. The fourth-order valence-electron chi connectivity index (χ4n) is 1.71. The van der Waals surface area contributed by atoms with E-state index >= 15 is 0 Å². The second-order valence-corrected chi connectivity index (χ2v) is 4.75. The second-order valence-electron chi connectivity index (χ2n) is 3.97. The standard InChI is InChI=1S/C13H14FNS/c1-9-2-3-11(12(14)6-9)13(15)7-10-4-5-16-8-10/h2-6,8,13H,7,15H2,1H3. The number of thiophene rings is 1. The van der Waals surface area contributed by atoms with Crippen LogP contribution in [0.5, 0.6) is 0 Å². The molecule has 1 atom stereocenters. The van der Waals surface area contributed by atoms with Gasteiger partial charge >= 0.3 is 0 Å². The summed E-state index contributed by atoms with van der Waals surface area (Å²) in [5.41, 5.74) is 8.68. The number of hydrogen-bond acceptors (Lipinski definition) is 2. The van der Waals surface area contributed by atoms with E-state index in [1.54, 1.807) is 17.4 Å². The van der Waals surface area contributed by atoms with Gasteiger partial charge in [-0.3, -0.25) is 0 Å². The molecule has 2 rings (SSSR count). The van der Waals surface area contributed by atoms with Crippen LogP contribution in [0.1, 0.15) is 22.7 Å². The van der Waals surface area contributed by atoms with Crippen molar-refractivity contribution in [3.63, 3.8) is 0 Å². The largest absolute Gasteiger partial charge is 0.324 e. The molecule has 0 amide bonds. The van der Waals surface area contributed by atoms with Gasteiger partial charge in [0.25, 0.3) is 0 Å². The summed E-state index contributed by atoms with van der Waals surface area (Å²) >= 11 is 1.63. The zero-order valence-corrected chi connectivity index (χ0v) is 9.93. The maximum absolute atomic E-state index is 13.7. The Labute approximate surface area is 98.7 Å². The van der Waals surface area contributed by atoms with Gasteiger partial charge in [-0.05, 0) is 47.4 Å². The van der Waals surface area contributed by atoms with Gasteiger partial charge in [-0.15, -0.1) is 0 Å². The van der Waals surface area contributed by atoms with E-state index in [2.05, 4.69) is 0 Å². The van der Waals surface area contributed by atoms with Gasteiger partial charge in [0.1, 0.15) is 5.82 Å². The highest BCUT2D eigenvalue weighted by atomic mass is 32.1. The molecule has 0 fully saturated rings. The van der Waals surface area contributed by atoms with Crippen LogP contribution in [0.2, 0.25) is 0 Å². The Morgan fingerprint density at radius 2 is 2.19 bits per heavy atom. The number of halogens is 1. The van der Waals surface area contributed by atoms with Gasteiger partial charge in [-0.1, -0.05) is 12.1 Å². The number of nitrogens with two attached hydrogens (primary N) is 1. The van der Waals surface area contributed by atoms with Crippen LogP contribution in [0.4, 0.5) is 4.39 Å². The molecule has 1 heterocycles. The summed E-state index contributed by atoms with van der Waals surface area (Å²) in [5, 5.41) is 4.06. The molecule has 0 radical (unpaired) electrons. The highest BCUT2D eigenvalue weighted by Gasteiger charge is 2.12. The molecule has 0 aliphatic carbocycles. The van der Waals surface area contributed by atoms with Crippen molar-refractivity contribution in [2.75, 3.05) is 0 Å². The fraction of sp³-hybridized carbons (Fsp3) is 0.231. The Morgan fingerprint density at radius 1 is 1.38 bits per heavy atom. The van der Waals surface area contributed by atoms with Gasteiger partial charge in [0.05, 0.1) is 0 Å². The van der Waals surface area contributed by atoms with E-state index < -0.39 is 0 Å². The van der Waals surface area contributed by atoms with Gasteiger partial charge in [0, 0.05) is 11.6 Å². The molecule has 1 aromatic heterocycles. The molecular formula is C13H14FNS. The molecule has 1 aromatic carbocycles. The lowest BCUT2D eigenvalue weighted by Crippen LogP contribution is -2.14. The van der Waals surface area contributed by atoms with Crippen LogP contribution >= 0.6 is 11.3 Å². The summed E-state index contributed by atoms with van der Waals surface area (Å²) in [5.74, 6) is -0.206. The van der Waals surface area contributed by atoms with Crippen molar-refractivity contribution in [3.05, 3.63) is 57.5 Å². The maximum atomic E-state index is 13.7. The first-order chi connectivity index (χ1) is 7.66. The maximum Gasteiger partial charge on any atom is 0.128 e. The van der Waals surface area contributed by atoms with Crippen LogP contribution in [0.25, 0.3) is 0 Å². The topological polar surface area (TPSA) is 26.0 Å². The monoisotopic (exact) mass is 235 g/mol. The van der Waals surface area contributed by atoms with E-state index in [0.717, 1.165) is 11.1 Å². The third-order valence-corrected chi connectivity index (χ3v) is 3.32. The summed E-state index contributed by atoms with van der Waals surface area (Å²) in [6.45, 7) is 1.87. The first-order valence-corrected chi connectivity index (χ1v) is 6.14. The van der Waals surface area contributed by atoms with Crippen LogP contribution in [0, 0.1) is 12.7 Å². The average Bonchev–Trinajstić information content (AvgIpc) is 2.70. The van der Waals surface area contributed by atoms with Crippen molar-refractivity contribution in [2.24, 2.45) is 5.73 Å². The Balaban J connectivity index is 2.17. The Hall–Kier alpha value is -1.19. The molecule has 0 saturated heterocycles. The molecule has 1 unspecified atom stereocenters.